The second-order valence-electron chi connectivity index (χ2n) is 22.2. The van der Waals surface area contributed by atoms with Crippen molar-refractivity contribution in [2.75, 3.05) is 4.90 Å². The van der Waals surface area contributed by atoms with E-state index in [1.54, 1.807) is 0 Å². The Balaban J connectivity index is 0.776. The zero-order valence-electron chi connectivity index (χ0n) is 47.0. The topological polar surface area (TPSA) is 34.2 Å². The predicted octanol–water partition coefficient (Wildman–Crippen LogP) is 21.6. The Morgan fingerprint density at radius 2 is 0.698 bits per heavy atom. The van der Waals surface area contributed by atoms with Crippen LogP contribution in [0.25, 0.3) is 106 Å². The van der Waals surface area contributed by atoms with E-state index in [0.717, 1.165) is 101 Å². The van der Waals surface area contributed by atoms with Crippen molar-refractivity contribution in [1.82, 2.24) is 9.55 Å². The molecule has 0 radical (unpaired) electrons. The first-order valence-corrected chi connectivity index (χ1v) is 29.4. The molecule has 0 unspecified atom stereocenters. The van der Waals surface area contributed by atoms with E-state index in [1.807, 2.05) is 0 Å². The Hall–Kier alpha value is -11.3. The number of rotatable bonds is 12. The summed E-state index contributed by atoms with van der Waals surface area (Å²) in [6, 6.07) is 116. The number of nitrogens with zero attached hydrogens (tertiary/aromatic N) is 3. The van der Waals surface area contributed by atoms with Crippen molar-refractivity contribution in [1.29, 1.82) is 0 Å². The van der Waals surface area contributed by atoms with Crippen molar-refractivity contribution in [2.45, 2.75) is 5.41 Å². The SMILES string of the molecule is c1ccc(-c2ccc(N(c3ccc(-c4ccc(-c5cncc6c5C(c5ccccc5)(c5ccccc5)c5c(-c7ccccc7)oc(-c7ccccc7)c5-6)cc4)cc3)c3ccc(-c4ccc5c(c4)c4ccccc4n5-c4ccccc4)cc3)cc2)cc1. The first kappa shape index (κ1) is 50.4. The highest BCUT2D eigenvalue weighted by Gasteiger charge is 2.52. The zero-order chi connectivity index (χ0) is 57.0. The second-order valence-corrected chi connectivity index (χ2v) is 22.2. The molecule has 1 aliphatic rings. The van der Waals surface area contributed by atoms with Gasteiger partial charge in [0, 0.05) is 79.3 Å². The van der Waals surface area contributed by atoms with Gasteiger partial charge in [0.25, 0.3) is 0 Å². The van der Waals surface area contributed by atoms with Crippen LogP contribution in [0.1, 0.15) is 22.3 Å². The van der Waals surface area contributed by atoms with E-state index < -0.39 is 5.41 Å². The number of para-hydroxylation sites is 2. The van der Waals surface area contributed by atoms with Gasteiger partial charge in [0.1, 0.15) is 11.5 Å². The Bertz CT molecular complexity index is 4870. The number of hydrogen-bond acceptors (Lipinski definition) is 3. The minimum atomic E-state index is -0.768. The molecule has 16 rings (SSSR count). The van der Waals surface area contributed by atoms with E-state index in [1.165, 1.54) is 44.1 Å². The van der Waals surface area contributed by atoms with Crippen LogP contribution in [0.4, 0.5) is 17.1 Å². The molecule has 0 aliphatic heterocycles. The van der Waals surface area contributed by atoms with Crippen molar-refractivity contribution >= 4 is 38.9 Å². The summed E-state index contributed by atoms with van der Waals surface area (Å²) in [4.78, 5) is 7.44. The van der Waals surface area contributed by atoms with Gasteiger partial charge >= 0.3 is 0 Å². The van der Waals surface area contributed by atoms with Gasteiger partial charge in [-0.05, 0) is 122 Å². The van der Waals surface area contributed by atoms with Crippen molar-refractivity contribution < 1.29 is 4.42 Å². The summed E-state index contributed by atoms with van der Waals surface area (Å²) in [7, 11) is 0. The fourth-order valence-electron chi connectivity index (χ4n) is 13.5. The molecule has 4 heteroatoms. The number of benzene rings is 12. The van der Waals surface area contributed by atoms with E-state index in [0.29, 0.717) is 0 Å². The Morgan fingerprint density at radius 1 is 0.302 bits per heavy atom. The van der Waals surface area contributed by atoms with Crippen LogP contribution in [0.5, 0.6) is 0 Å². The van der Waals surface area contributed by atoms with Crippen LogP contribution < -0.4 is 4.90 Å². The molecular formula is C82H55N3O. The normalized spacial score (nSPS) is 12.3. The van der Waals surface area contributed by atoms with Crippen LogP contribution in [0.15, 0.2) is 338 Å². The maximum absolute atomic E-state index is 7.24. The highest BCUT2D eigenvalue weighted by atomic mass is 16.3. The quantitative estimate of drug-likeness (QED) is 0.122. The van der Waals surface area contributed by atoms with Crippen molar-refractivity contribution in [3.63, 3.8) is 0 Å². The third-order valence-corrected chi connectivity index (χ3v) is 17.4. The summed E-state index contributed by atoms with van der Waals surface area (Å²) in [6.07, 6.45) is 4.12. The second kappa shape index (κ2) is 21.1. The lowest BCUT2D eigenvalue weighted by atomic mass is 9.65. The molecule has 3 aromatic heterocycles. The van der Waals surface area contributed by atoms with Crippen LogP contribution >= 0.6 is 0 Å². The third kappa shape index (κ3) is 8.41. The van der Waals surface area contributed by atoms with E-state index in [9.17, 15) is 0 Å². The highest BCUT2D eigenvalue weighted by Crippen LogP contribution is 2.64. The van der Waals surface area contributed by atoms with Gasteiger partial charge in [-0.1, -0.05) is 255 Å². The number of fused-ring (bicyclic) bond motifs is 6. The number of pyridine rings is 1. The third-order valence-electron chi connectivity index (χ3n) is 17.4. The summed E-state index contributed by atoms with van der Waals surface area (Å²) in [5.74, 6) is 1.69. The maximum Gasteiger partial charge on any atom is 0.143 e. The van der Waals surface area contributed by atoms with E-state index in [-0.39, 0.29) is 0 Å². The molecule has 404 valence electrons. The monoisotopic (exact) mass is 1100 g/mol. The Morgan fingerprint density at radius 3 is 1.24 bits per heavy atom. The van der Waals surface area contributed by atoms with Gasteiger partial charge in [0.05, 0.1) is 16.4 Å². The molecular weight excluding hydrogens is 1040 g/mol. The van der Waals surface area contributed by atoms with Gasteiger partial charge in [0.2, 0.25) is 0 Å². The molecule has 0 spiro atoms. The van der Waals surface area contributed by atoms with E-state index in [2.05, 4.69) is 343 Å². The minimum Gasteiger partial charge on any atom is -0.455 e. The molecule has 0 amide bonds. The van der Waals surface area contributed by atoms with Crippen LogP contribution in [0.2, 0.25) is 0 Å². The zero-order valence-corrected chi connectivity index (χ0v) is 47.0. The average molecular weight is 1100 g/mol. The van der Waals surface area contributed by atoms with E-state index >= 15 is 0 Å². The summed E-state index contributed by atoms with van der Waals surface area (Å²) in [5, 5.41) is 2.47. The van der Waals surface area contributed by atoms with Gasteiger partial charge in [-0.25, -0.2) is 0 Å². The fourth-order valence-corrected chi connectivity index (χ4v) is 13.5. The highest BCUT2D eigenvalue weighted by molar-refractivity contribution is 6.10. The first-order valence-electron chi connectivity index (χ1n) is 29.4. The van der Waals surface area contributed by atoms with Crippen LogP contribution in [0.3, 0.4) is 0 Å². The molecule has 0 N–H and O–H groups in total. The van der Waals surface area contributed by atoms with Crippen LogP contribution in [-0.2, 0) is 5.41 Å². The predicted molar refractivity (Wildman–Crippen MR) is 355 cm³/mol. The number of anilines is 3. The summed E-state index contributed by atoms with van der Waals surface area (Å²) in [5.41, 5.74) is 23.9. The van der Waals surface area contributed by atoms with Gasteiger partial charge < -0.3 is 13.9 Å². The molecule has 12 aromatic carbocycles. The molecule has 1 aliphatic carbocycles. The van der Waals surface area contributed by atoms with Gasteiger partial charge in [-0.3, -0.25) is 4.98 Å². The summed E-state index contributed by atoms with van der Waals surface area (Å²) in [6.45, 7) is 0. The van der Waals surface area contributed by atoms with Gasteiger partial charge in [-0.15, -0.1) is 0 Å². The molecule has 0 bridgehead atoms. The molecule has 0 saturated carbocycles. The number of aromatic nitrogens is 2. The maximum atomic E-state index is 7.24. The standard InChI is InChI=1S/C82H55N3O/c1-7-21-56(22-8-1)58-39-46-68(47-40-58)84(70-50-43-60(44-51-70)64-45-52-76-72(53-64)71-33-19-20-34-75(71)85(76)67-31-17-6-18-32-67)69-48-41-59(42-49-69)57-35-37-61(38-36-57)73-54-83-55-74-77-79(81(63-25-11-3-12-26-63)86-80(77)62-23-9-2-10-24-62)82(78(73)74,65-27-13-4-14-28-65)66-29-15-5-16-30-66/h1-55H. The molecule has 0 atom stereocenters. The van der Waals surface area contributed by atoms with Crippen molar-refractivity contribution in [3.05, 3.63) is 356 Å². The minimum absolute atomic E-state index is 0.768. The summed E-state index contributed by atoms with van der Waals surface area (Å²) >= 11 is 0. The molecule has 0 fully saturated rings. The lowest BCUT2D eigenvalue weighted by Gasteiger charge is -2.35. The first-order chi connectivity index (χ1) is 42.7. The van der Waals surface area contributed by atoms with Crippen molar-refractivity contribution in [3.8, 4) is 84.0 Å². The number of hydrogen-bond donors (Lipinski definition) is 0. The lowest BCUT2D eigenvalue weighted by molar-refractivity contribution is 0.587. The van der Waals surface area contributed by atoms with Crippen LogP contribution in [0, 0.1) is 0 Å². The molecule has 15 aromatic rings. The molecule has 0 saturated heterocycles. The Labute approximate surface area is 500 Å². The van der Waals surface area contributed by atoms with Crippen LogP contribution in [-0.4, -0.2) is 9.55 Å². The largest absolute Gasteiger partial charge is 0.455 e. The molecule has 4 nitrogen and oxygen atoms in total. The average Bonchev–Trinajstić information content (AvgIpc) is 1.62. The molecule has 86 heavy (non-hydrogen) atoms. The number of furan rings is 1. The molecule has 3 heterocycles. The summed E-state index contributed by atoms with van der Waals surface area (Å²) < 4.78 is 9.61. The van der Waals surface area contributed by atoms with Gasteiger partial charge in [-0.2, -0.15) is 0 Å². The van der Waals surface area contributed by atoms with E-state index in [4.69, 9.17) is 9.40 Å². The Kier molecular flexibility index (Phi) is 12.4. The smallest absolute Gasteiger partial charge is 0.143 e. The van der Waals surface area contributed by atoms with Crippen molar-refractivity contribution in [2.24, 2.45) is 0 Å². The van der Waals surface area contributed by atoms with Gasteiger partial charge in [0.15, 0.2) is 0 Å². The fraction of sp³-hybridized carbons (Fsp3) is 0.0122. The lowest BCUT2D eigenvalue weighted by Crippen LogP contribution is -2.29.